The summed E-state index contributed by atoms with van der Waals surface area (Å²) in [5.74, 6) is -0.0505. The molecule has 3 heteroatoms. The van der Waals surface area contributed by atoms with Crippen LogP contribution in [-0.4, -0.2) is 18.6 Å². The van der Waals surface area contributed by atoms with Gasteiger partial charge in [0.05, 0.1) is 5.69 Å². The van der Waals surface area contributed by atoms with E-state index in [1.807, 2.05) is 6.07 Å². The molecule has 1 saturated carbocycles. The molecule has 1 aliphatic heterocycles. The van der Waals surface area contributed by atoms with Crippen LogP contribution in [0.3, 0.4) is 0 Å². The highest BCUT2D eigenvalue weighted by Gasteiger charge is 2.26. The van der Waals surface area contributed by atoms with E-state index in [-0.39, 0.29) is 5.82 Å². The molecule has 2 aliphatic rings. The summed E-state index contributed by atoms with van der Waals surface area (Å²) in [6.45, 7) is 4.02. The largest absolute Gasteiger partial charge is 0.366 e. The molecule has 0 aromatic heterocycles. The zero-order valence-corrected chi connectivity index (χ0v) is 13.1. The van der Waals surface area contributed by atoms with E-state index < -0.39 is 0 Å². The molecule has 1 atom stereocenters. The highest BCUT2D eigenvalue weighted by atomic mass is 19.1. The normalized spacial score (nSPS) is 23.1. The molecule has 116 valence electrons. The Balaban J connectivity index is 1.86. The molecule has 1 N–H and O–H groups in total. The number of hydrogen-bond acceptors (Lipinski definition) is 2. The minimum atomic E-state index is -0.0505. The van der Waals surface area contributed by atoms with Crippen molar-refractivity contribution < 1.29 is 4.39 Å². The standard InChI is InChI=1S/C18H27FN2/c1-2-16-8-4-3-5-12-21(16)18-14(7-6-9-17(18)19)13-20-15-10-11-15/h6-7,9,15-16,20H,2-5,8,10-13H2,1H3. The van der Waals surface area contributed by atoms with E-state index in [1.165, 1.54) is 38.5 Å². The molecule has 1 aliphatic carbocycles. The van der Waals surface area contributed by atoms with E-state index in [0.717, 1.165) is 30.8 Å². The van der Waals surface area contributed by atoms with Gasteiger partial charge in [-0.15, -0.1) is 0 Å². The lowest BCUT2D eigenvalue weighted by molar-refractivity contribution is 0.535. The summed E-state index contributed by atoms with van der Waals surface area (Å²) in [5, 5.41) is 3.53. The Labute approximate surface area is 127 Å². The molecule has 0 amide bonds. The average Bonchev–Trinajstić information content (AvgIpc) is 3.32. The zero-order chi connectivity index (χ0) is 14.7. The van der Waals surface area contributed by atoms with Crippen molar-refractivity contribution in [2.75, 3.05) is 11.4 Å². The summed E-state index contributed by atoms with van der Waals surface area (Å²) in [5.41, 5.74) is 1.99. The van der Waals surface area contributed by atoms with Crippen LogP contribution in [0, 0.1) is 5.82 Å². The molecule has 2 nitrogen and oxygen atoms in total. The second-order valence-corrected chi connectivity index (χ2v) is 6.51. The molecule has 1 heterocycles. The molecule has 1 unspecified atom stereocenters. The molecular formula is C18H27FN2. The predicted octanol–water partition coefficient (Wildman–Crippen LogP) is 4.24. The summed E-state index contributed by atoms with van der Waals surface area (Å²) in [7, 11) is 0. The fourth-order valence-corrected chi connectivity index (χ4v) is 3.46. The highest BCUT2D eigenvalue weighted by Crippen LogP contribution is 2.32. The Morgan fingerprint density at radius 1 is 1.19 bits per heavy atom. The van der Waals surface area contributed by atoms with Crippen LogP contribution in [0.2, 0.25) is 0 Å². The van der Waals surface area contributed by atoms with Gasteiger partial charge in [-0.25, -0.2) is 4.39 Å². The Bertz CT molecular complexity index is 470. The van der Waals surface area contributed by atoms with Crippen molar-refractivity contribution >= 4 is 5.69 Å². The number of nitrogens with zero attached hydrogens (tertiary/aromatic N) is 1. The van der Waals surface area contributed by atoms with E-state index in [2.05, 4.69) is 23.2 Å². The number of hydrogen-bond donors (Lipinski definition) is 1. The van der Waals surface area contributed by atoms with E-state index in [4.69, 9.17) is 0 Å². The number of halogens is 1. The van der Waals surface area contributed by atoms with Gasteiger partial charge in [0.2, 0.25) is 0 Å². The Morgan fingerprint density at radius 2 is 2.05 bits per heavy atom. The van der Waals surface area contributed by atoms with E-state index in [9.17, 15) is 4.39 Å². The quantitative estimate of drug-likeness (QED) is 0.872. The van der Waals surface area contributed by atoms with Crippen molar-refractivity contribution in [3.63, 3.8) is 0 Å². The van der Waals surface area contributed by atoms with Crippen molar-refractivity contribution in [2.45, 2.75) is 70.5 Å². The molecular weight excluding hydrogens is 263 g/mol. The van der Waals surface area contributed by atoms with E-state index in [1.54, 1.807) is 6.07 Å². The van der Waals surface area contributed by atoms with Crippen LogP contribution in [0.15, 0.2) is 18.2 Å². The highest BCUT2D eigenvalue weighted by molar-refractivity contribution is 5.56. The molecule has 1 aromatic rings. The van der Waals surface area contributed by atoms with Crippen molar-refractivity contribution in [2.24, 2.45) is 0 Å². The van der Waals surface area contributed by atoms with Crippen LogP contribution >= 0.6 is 0 Å². The van der Waals surface area contributed by atoms with Crippen molar-refractivity contribution in [3.05, 3.63) is 29.6 Å². The van der Waals surface area contributed by atoms with Crippen LogP contribution in [0.25, 0.3) is 0 Å². The van der Waals surface area contributed by atoms with Gasteiger partial charge in [-0.1, -0.05) is 31.9 Å². The van der Waals surface area contributed by atoms with Gasteiger partial charge in [0.15, 0.2) is 0 Å². The summed E-state index contributed by atoms with van der Waals surface area (Å²) in [4.78, 5) is 2.35. The lowest BCUT2D eigenvalue weighted by Crippen LogP contribution is -2.36. The second-order valence-electron chi connectivity index (χ2n) is 6.51. The molecule has 21 heavy (non-hydrogen) atoms. The number of anilines is 1. The number of nitrogens with one attached hydrogen (secondary N) is 1. The smallest absolute Gasteiger partial charge is 0.146 e. The van der Waals surface area contributed by atoms with Gasteiger partial charge in [0, 0.05) is 25.2 Å². The van der Waals surface area contributed by atoms with Crippen molar-refractivity contribution in [3.8, 4) is 0 Å². The fourth-order valence-electron chi connectivity index (χ4n) is 3.46. The molecule has 0 spiro atoms. The first-order chi connectivity index (χ1) is 10.3. The lowest BCUT2D eigenvalue weighted by atomic mass is 10.0. The van der Waals surface area contributed by atoms with Gasteiger partial charge >= 0.3 is 0 Å². The molecule has 2 fully saturated rings. The van der Waals surface area contributed by atoms with Crippen LogP contribution in [-0.2, 0) is 6.54 Å². The first-order valence-corrected chi connectivity index (χ1v) is 8.57. The minimum absolute atomic E-state index is 0.0505. The summed E-state index contributed by atoms with van der Waals surface area (Å²) >= 11 is 0. The maximum atomic E-state index is 14.5. The van der Waals surface area contributed by atoms with Crippen LogP contribution in [0.4, 0.5) is 10.1 Å². The third-order valence-corrected chi connectivity index (χ3v) is 4.86. The van der Waals surface area contributed by atoms with Crippen LogP contribution < -0.4 is 10.2 Å². The maximum absolute atomic E-state index is 14.5. The van der Waals surface area contributed by atoms with E-state index in [0.29, 0.717) is 12.1 Å². The first-order valence-electron chi connectivity index (χ1n) is 8.57. The third-order valence-electron chi connectivity index (χ3n) is 4.86. The third kappa shape index (κ3) is 3.57. The van der Waals surface area contributed by atoms with Gasteiger partial charge in [-0.3, -0.25) is 0 Å². The van der Waals surface area contributed by atoms with Crippen molar-refractivity contribution in [1.29, 1.82) is 0 Å². The number of benzene rings is 1. The van der Waals surface area contributed by atoms with Gasteiger partial charge in [0.1, 0.15) is 5.82 Å². The minimum Gasteiger partial charge on any atom is -0.366 e. The molecule has 0 radical (unpaired) electrons. The Kier molecular flexibility index (Phi) is 4.79. The second kappa shape index (κ2) is 6.78. The summed E-state index contributed by atoms with van der Waals surface area (Å²) < 4.78 is 14.5. The fraction of sp³-hybridized carbons (Fsp3) is 0.667. The van der Waals surface area contributed by atoms with Gasteiger partial charge < -0.3 is 10.2 Å². The average molecular weight is 290 g/mol. The summed E-state index contributed by atoms with van der Waals surface area (Å²) in [6.07, 6.45) is 8.57. The van der Waals surface area contributed by atoms with Gasteiger partial charge in [0.25, 0.3) is 0 Å². The van der Waals surface area contributed by atoms with Gasteiger partial charge in [-0.2, -0.15) is 0 Å². The molecule has 3 rings (SSSR count). The predicted molar refractivity (Wildman–Crippen MR) is 86.2 cm³/mol. The van der Waals surface area contributed by atoms with Crippen LogP contribution in [0.1, 0.15) is 57.4 Å². The topological polar surface area (TPSA) is 15.3 Å². The van der Waals surface area contributed by atoms with Crippen LogP contribution in [0.5, 0.6) is 0 Å². The first kappa shape index (κ1) is 14.8. The SMILES string of the molecule is CCC1CCCCCN1c1c(F)cccc1CNC1CC1. The molecule has 0 bridgehead atoms. The van der Waals surface area contributed by atoms with E-state index >= 15 is 0 Å². The Hall–Kier alpha value is -1.09. The lowest BCUT2D eigenvalue weighted by Gasteiger charge is -2.33. The monoisotopic (exact) mass is 290 g/mol. The number of para-hydroxylation sites is 1. The number of rotatable bonds is 5. The maximum Gasteiger partial charge on any atom is 0.146 e. The molecule has 1 aromatic carbocycles. The molecule has 1 saturated heterocycles. The zero-order valence-electron chi connectivity index (χ0n) is 13.1. The summed E-state index contributed by atoms with van der Waals surface area (Å²) in [6, 6.07) is 6.71. The van der Waals surface area contributed by atoms with Crippen molar-refractivity contribution in [1.82, 2.24) is 5.32 Å². The Morgan fingerprint density at radius 3 is 2.81 bits per heavy atom. The van der Waals surface area contributed by atoms with Gasteiger partial charge in [-0.05, 0) is 43.7 Å².